The van der Waals surface area contributed by atoms with Crippen LogP contribution in [-0.2, 0) is 5.41 Å². The second-order valence-electron chi connectivity index (χ2n) is 15.0. The van der Waals surface area contributed by atoms with Crippen LogP contribution in [0.5, 0.6) is 0 Å². The average Bonchev–Trinajstić information content (AvgIpc) is 3.65. The van der Waals surface area contributed by atoms with E-state index in [1.165, 1.54) is 77.2 Å². The maximum atomic E-state index is 5.17. The van der Waals surface area contributed by atoms with Crippen molar-refractivity contribution in [2.24, 2.45) is 0 Å². The summed E-state index contributed by atoms with van der Waals surface area (Å²) in [5.41, 5.74) is 17.9. The molecule has 0 radical (unpaired) electrons. The maximum Gasteiger partial charge on any atom is 0.160 e. The molecule has 0 unspecified atom stereocenters. The van der Waals surface area contributed by atoms with Crippen LogP contribution in [0.4, 0.5) is 0 Å². The fraction of sp³-hybridized carbons (Fsp3) is 0.0588. The summed E-state index contributed by atoms with van der Waals surface area (Å²) in [4.78, 5) is 10.3. The molecule has 2 heteroatoms. The summed E-state index contributed by atoms with van der Waals surface area (Å²) in [6.45, 7) is 4.72. The van der Waals surface area contributed by atoms with Crippen molar-refractivity contribution in [1.29, 1.82) is 0 Å². The van der Waals surface area contributed by atoms with E-state index in [-0.39, 0.29) is 5.41 Å². The Morgan fingerprint density at radius 1 is 0.358 bits per heavy atom. The second-order valence-corrected chi connectivity index (χ2v) is 15.0. The first-order valence-corrected chi connectivity index (χ1v) is 18.4. The lowest BCUT2D eigenvalue weighted by molar-refractivity contribution is 0.661. The predicted molar refractivity (Wildman–Crippen MR) is 221 cm³/mol. The highest BCUT2D eigenvalue weighted by atomic mass is 14.9. The molecule has 9 aromatic rings. The fourth-order valence-electron chi connectivity index (χ4n) is 8.94. The molecule has 0 aliphatic heterocycles. The van der Waals surface area contributed by atoms with Crippen LogP contribution in [0.1, 0.15) is 25.0 Å². The Morgan fingerprint density at radius 3 is 1.74 bits per heavy atom. The second kappa shape index (κ2) is 11.2. The van der Waals surface area contributed by atoms with Crippen molar-refractivity contribution in [3.63, 3.8) is 0 Å². The molecule has 2 aliphatic carbocycles. The Kier molecular flexibility index (Phi) is 6.33. The lowest BCUT2D eigenvalue weighted by atomic mass is 9.81. The smallest absolute Gasteiger partial charge is 0.160 e. The SMILES string of the molecule is CC1(C)c2cc3ccccc3cc2-c2c(-c3ccc(-c4cc(-c5ccc6c(c5)-c5cccc7cccc-6c57)nc(-c5ccccc5)n4)cc3)cccc21. The van der Waals surface area contributed by atoms with Crippen LogP contribution in [0.25, 0.3) is 100.0 Å². The van der Waals surface area contributed by atoms with Crippen molar-refractivity contribution in [3.8, 4) is 78.4 Å². The molecule has 8 aromatic carbocycles. The lowest BCUT2D eigenvalue weighted by Gasteiger charge is -2.22. The van der Waals surface area contributed by atoms with Crippen molar-refractivity contribution in [1.82, 2.24) is 9.97 Å². The molecule has 0 fully saturated rings. The molecule has 2 nitrogen and oxygen atoms in total. The zero-order chi connectivity index (χ0) is 35.3. The minimum atomic E-state index is -0.0806. The van der Waals surface area contributed by atoms with Crippen LogP contribution in [0.15, 0.2) is 170 Å². The highest BCUT2D eigenvalue weighted by Crippen LogP contribution is 2.53. The van der Waals surface area contributed by atoms with E-state index in [1.807, 2.05) is 18.2 Å². The van der Waals surface area contributed by atoms with Crippen molar-refractivity contribution in [3.05, 3.63) is 181 Å². The van der Waals surface area contributed by atoms with Gasteiger partial charge in [0, 0.05) is 22.1 Å². The van der Waals surface area contributed by atoms with Crippen molar-refractivity contribution < 1.29 is 0 Å². The monoisotopic (exact) mass is 674 g/mol. The summed E-state index contributed by atoms with van der Waals surface area (Å²) in [6, 6.07) is 61.7. The van der Waals surface area contributed by atoms with Gasteiger partial charge in [-0.05, 0) is 101 Å². The van der Waals surface area contributed by atoms with E-state index in [9.17, 15) is 0 Å². The van der Waals surface area contributed by atoms with Gasteiger partial charge in [-0.3, -0.25) is 0 Å². The summed E-state index contributed by atoms with van der Waals surface area (Å²) in [5, 5.41) is 5.18. The summed E-state index contributed by atoms with van der Waals surface area (Å²) < 4.78 is 0. The molecular weight excluding hydrogens is 641 g/mol. The Balaban J connectivity index is 1.03. The van der Waals surface area contributed by atoms with Crippen LogP contribution in [-0.4, -0.2) is 9.97 Å². The minimum absolute atomic E-state index is 0.0806. The standard InChI is InChI=1S/C51H34N2/c1-51(2)44-20-10-17-38(49(44)43-27-35-13-6-7-14-36(35)29-45(43)51)31-21-23-32(24-22-31)46-30-47(53-50(52-46)34-11-4-3-5-12-34)37-25-26-39-40-18-8-15-33-16-9-19-41(48(33)40)42(39)28-37/h3-30H,1-2H3. The largest absolute Gasteiger partial charge is 0.228 e. The molecule has 11 rings (SSSR count). The number of fused-ring (bicyclic) bond motifs is 7. The van der Waals surface area contributed by atoms with E-state index < -0.39 is 0 Å². The maximum absolute atomic E-state index is 5.17. The average molecular weight is 675 g/mol. The molecule has 0 bridgehead atoms. The van der Waals surface area contributed by atoms with Gasteiger partial charge in [-0.15, -0.1) is 0 Å². The van der Waals surface area contributed by atoms with Gasteiger partial charge in [0.2, 0.25) is 0 Å². The third-order valence-corrected chi connectivity index (χ3v) is 11.6. The van der Waals surface area contributed by atoms with Gasteiger partial charge in [0.1, 0.15) is 0 Å². The quantitative estimate of drug-likeness (QED) is 0.186. The predicted octanol–water partition coefficient (Wildman–Crippen LogP) is 13.4. The summed E-state index contributed by atoms with van der Waals surface area (Å²) in [6.07, 6.45) is 0. The van der Waals surface area contributed by atoms with E-state index in [1.54, 1.807) is 0 Å². The molecule has 0 saturated carbocycles. The number of nitrogens with zero attached hydrogens (tertiary/aromatic N) is 2. The van der Waals surface area contributed by atoms with Crippen LogP contribution in [0.3, 0.4) is 0 Å². The third kappa shape index (κ3) is 4.52. The Hall–Kier alpha value is -6.64. The van der Waals surface area contributed by atoms with Gasteiger partial charge in [-0.1, -0.05) is 159 Å². The molecule has 0 atom stereocenters. The topological polar surface area (TPSA) is 25.8 Å². The number of benzene rings is 8. The first-order chi connectivity index (χ1) is 26.0. The third-order valence-electron chi connectivity index (χ3n) is 11.6. The highest BCUT2D eigenvalue weighted by Gasteiger charge is 2.37. The number of aromatic nitrogens is 2. The summed E-state index contributed by atoms with van der Waals surface area (Å²) in [5.74, 6) is 0.722. The summed E-state index contributed by atoms with van der Waals surface area (Å²) in [7, 11) is 0. The van der Waals surface area contributed by atoms with Gasteiger partial charge in [0.25, 0.3) is 0 Å². The van der Waals surface area contributed by atoms with Crippen molar-refractivity contribution in [2.45, 2.75) is 19.3 Å². The van der Waals surface area contributed by atoms with Gasteiger partial charge in [0.15, 0.2) is 5.82 Å². The van der Waals surface area contributed by atoms with Crippen LogP contribution < -0.4 is 0 Å². The molecule has 0 spiro atoms. The van der Waals surface area contributed by atoms with Crippen LogP contribution in [0.2, 0.25) is 0 Å². The van der Waals surface area contributed by atoms with E-state index in [0.29, 0.717) is 0 Å². The van der Waals surface area contributed by atoms with Crippen molar-refractivity contribution >= 4 is 21.5 Å². The fourth-order valence-corrected chi connectivity index (χ4v) is 8.94. The summed E-state index contributed by atoms with van der Waals surface area (Å²) >= 11 is 0. The molecule has 1 aromatic heterocycles. The lowest BCUT2D eigenvalue weighted by Crippen LogP contribution is -2.14. The number of hydrogen-bond acceptors (Lipinski definition) is 2. The first kappa shape index (κ1) is 30.0. The molecule has 0 saturated heterocycles. The molecule has 248 valence electrons. The van der Waals surface area contributed by atoms with E-state index in [0.717, 1.165) is 33.9 Å². The van der Waals surface area contributed by atoms with Crippen LogP contribution >= 0.6 is 0 Å². The Bertz CT molecular complexity index is 2950. The number of hydrogen-bond donors (Lipinski definition) is 0. The van der Waals surface area contributed by atoms with Gasteiger partial charge in [0.05, 0.1) is 11.4 Å². The zero-order valence-electron chi connectivity index (χ0n) is 29.6. The van der Waals surface area contributed by atoms with E-state index in [4.69, 9.17) is 9.97 Å². The first-order valence-electron chi connectivity index (χ1n) is 18.4. The molecular formula is C51H34N2. The molecule has 0 amide bonds. The Morgan fingerprint density at radius 2 is 0.962 bits per heavy atom. The molecule has 1 heterocycles. The number of rotatable bonds is 4. The van der Waals surface area contributed by atoms with Crippen molar-refractivity contribution in [2.75, 3.05) is 0 Å². The van der Waals surface area contributed by atoms with Gasteiger partial charge < -0.3 is 0 Å². The van der Waals surface area contributed by atoms with Gasteiger partial charge in [-0.2, -0.15) is 0 Å². The van der Waals surface area contributed by atoms with Gasteiger partial charge in [-0.25, -0.2) is 9.97 Å². The normalized spacial score (nSPS) is 13.2. The molecule has 2 aliphatic rings. The zero-order valence-corrected chi connectivity index (χ0v) is 29.6. The Labute approximate surface area is 309 Å². The van der Waals surface area contributed by atoms with E-state index >= 15 is 0 Å². The van der Waals surface area contributed by atoms with Gasteiger partial charge >= 0.3 is 0 Å². The minimum Gasteiger partial charge on any atom is -0.228 e. The molecule has 53 heavy (non-hydrogen) atoms. The molecule has 0 N–H and O–H groups in total. The highest BCUT2D eigenvalue weighted by molar-refractivity contribution is 6.15. The van der Waals surface area contributed by atoms with Crippen LogP contribution in [0, 0.1) is 0 Å². The van der Waals surface area contributed by atoms with E-state index in [2.05, 4.69) is 166 Å².